The van der Waals surface area contributed by atoms with Crippen LogP contribution in [0.25, 0.3) is 0 Å². The van der Waals surface area contributed by atoms with Gasteiger partial charge >= 0.3 is 12.1 Å². The molecule has 1 saturated heterocycles. The first-order valence-electron chi connectivity index (χ1n) is 7.63. The SMILES string of the molecule is C#CCOC1C(C(C)(C)C)C(C(=O)O)N(C(=O)O)C1C(C)(C)C. The summed E-state index contributed by atoms with van der Waals surface area (Å²) in [6.07, 6.45) is 3.45. The Morgan fingerprint density at radius 1 is 1.13 bits per heavy atom. The van der Waals surface area contributed by atoms with Crippen molar-refractivity contribution >= 4 is 12.1 Å². The van der Waals surface area contributed by atoms with E-state index < -0.39 is 47.0 Å². The van der Waals surface area contributed by atoms with E-state index in [2.05, 4.69) is 5.92 Å². The monoisotopic (exact) mass is 325 g/mol. The fourth-order valence-electron chi connectivity index (χ4n) is 3.61. The molecule has 0 radical (unpaired) electrons. The van der Waals surface area contributed by atoms with Gasteiger partial charge in [-0.3, -0.25) is 4.90 Å². The van der Waals surface area contributed by atoms with Gasteiger partial charge in [0.25, 0.3) is 0 Å². The van der Waals surface area contributed by atoms with Crippen molar-refractivity contribution in [3.05, 3.63) is 0 Å². The molecule has 1 aliphatic heterocycles. The van der Waals surface area contributed by atoms with Gasteiger partial charge in [-0.15, -0.1) is 6.42 Å². The maximum atomic E-state index is 11.9. The minimum absolute atomic E-state index is 0.0175. The quantitative estimate of drug-likeness (QED) is 0.779. The van der Waals surface area contributed by atoms with Crippen LogP contribution in [0.15, 0.2) is 0 Å². The highest BCUT2D eigenvalue weighted by molar-refractivity contribution is 5.81. The van der Waals surface area contributed by atoms with Crippen LogP contribution < -0.4 is 0 Å². The molecule has 6 heteroatoms. The number of aliphatic carboxylic acids is 1. The van der Waals surface area contributed by atoms with Gasteiger partial charge in [0.05, 0.1) is 12.1 Å². The fraction of sp³-hybridized carbons (Fsp3) is 0.765. The molecule has 130 valence electrons. The van der Waals surface area contributed by atoms with Gasteiger partial charge < -0.3 is 14.9 Å². The molecule has 1 heterocycles. The number of rotatable bonds is 3. The van der Waals surface area contributed by atoms with Gasteiger partial charge in [-0.25, -0.2) is 9.59 Å². The summed E-state index contributed by atoms with van der Waals surface area (Å²) in [5.41, 5.74) is -0.957. The zero-order valence-corrected chi connectivity index (χ0v) is 14.7. The molecule has 1 amide bonds. The molecule has 23 heavy (non-hydrogen) atoms. The predicted molar refractivity (Wildman–Crippen MR) is 86.0 cm³/mol. The number of carboxylic acid groups (broad SMARTS) is 2. The van der Waals surface area contributed by atoms with Crippen molar-refractivity contribution in [3.8, 4) is 12.3 Å². The standard InChI is InChI=1S/C17H27NO5/c1-8-9-23-12-10(16(2,3)4)11(14(19)20)18(15(21)22)13(12)17(5,6)7/h1,10-13H,9H2,2-7H3,(H,19,20)(H,21,22). The number of terminal acetylenes is 1. The Bertz CT molecular complexity index is 471. The maximum Gasteiger partial charge on any atom is 0.408 e. The van der Waals surface area contributed by atoms with E-state index in [1.165, 1.54) is 0 Å². The van der Waals surface area contributed by atoms with Crippen LogP contribution in [0, 0.1) is 29.1 Å². The number of carbonyl (C=O) groups is 2. The molecular formula is C17H27NO5. The second-order valence-corrected chi connectivity index (χ2v) is 8.16. The molecule has 0 aromatic heterocycles. The summed E-state index contributed by atoms with van der Waals surface area (Å²) in [6, 6.07) is -1.77. The Morgan fingerprint density at radius 2 is 1.65 bits per heavy atom. The zero-order valence-electron chi connectivity index (χ0n) is 14.7. The normalized spacial score (nSPS) is 28.5. The van der Waals surface area contributed by atoms with E-state index in [-0.39, 0.29) is 6.61 Å². The van der Waals surface area contributed by atoms with E-state index in [4.69, 9.17) is 11.2 Å². The molecule has 4 atom stereocenters. The second kappa shape index (κ2) is 6.40. The Balaban J connectivity index is 3.53. The molecule has 1 rings (SSSR count). The minimum Gasteiger partial charge on any atom is -0.480 e. The number of ether oxygens (including phenoxy) is 1. The van der Waals surface area contributed by atoms with E-state index in [0.717, 1.165) is 4.90 Å². The number of amides is 1. The van der Waals surface area contributed by atoms with E-state index in [9.17, 15) is 19.8 Å². The summed E-state index contributed by atoms with van der Waals surface area (Å²) >= 11 is 0. The highest BCUT2D eigenvalue weighted by atomic mass is 16.5. The van der Waals surface area contributed by atoms with Crippen LogP contribution in [0.3, 0.4) is 0 Å². The molecule has 0 saturated carbocycles. The Kier molecular flexibility index (Phi) is 5.37. The third-order valence-electron chi connectivity index (χ3n) is 4.32. The highest BCUT2D eigenvalue weighted by Crippen LogP contribution is 2.48. The number of carboxylic acids is 1. The summed E-state index contributed by atoms with van der Waals surface area (Å²) in [5, 5.41) is 19.4. The van der Waals surface area contributed by atoms with Crippen molar-refractivity contribution in [2.45, 2.75) is 59.7 Å². The van der Waals surface area contributed by atoms with E-state index in [1.54, 1.807) is 0 Å². The van der Waals surface area contributed by atoms with Crippen molar-refractivity contribution < 1.29 is 24.5 Å². The highest BCUT2D eigenvalue weighted by Gasteiger charge is 2.61. The molecule has 0 aliphatic carbocycles. The first-order valence-corrected chi connectivity index (χ1v) is 7.63. The number of nitrogens with zero attached hydrogens (tertiary/aromatic N) is 1. The average molecular weight is 325 g/mol. The molecule has 2 N–H and O–H groups in total. The Labute approximate surface area is 137 Å². The Morgan fingerprint density at radius 3 is 1.96 bits per heavy atom. The summed E-state index contributed by atoms with van der Waals surface area (Å²) < 4.78 is 5.79. The number of hydrogen-bond donors (Lipinski definition) is 2. The van der Waals surface area contributed by atoms with Gasteiger partial charge in [-0.2, -0.15) is 0 Å². The lowest BCUT2D eigenvalue weighted by molar-refractivity contribution is -0.145. The lowest BCUT2D eigenvalue weighted by atomic mass is 9.71. The van der Waals surface area contributed by atoms with Gasteiger partial charge in [0, 0.05) is 5.92 Å². The van der Waals surface area contributed by atoms with Crippen molar-refractivity contribution in [2.24, 2.45) is 16.7 Å². The summed E-state index contributed by atoms with van der Waals surface area (Å²) in [5.74, 6) is 0.726. The maximum absolute atomic E-state index is 11.9. The first-order chi connectivity index (χ1) is 10.3. The van der Waals surface area contributed by atoms with Crippen LogP contribution in [0.1, 0.15) is 41.5 Å². The molecule has 0 spiro atoms. The third-order valence-corrected chi connectivity index (χ3v) is 4.32. The van der Waals surface area contributed by atoms with E-state index in [0.29, 0.717) is 0 Å². The minimum atomic E-state index is -1.25. The number of likely N-dealkylation sites (tertiary alicyclic amines) is 1. The zero-order chi connectivity index (χ0) is 18.2. The molecule has 1 fully saturated rings. The third kappa shape index (κ3) is 3.78. The van der Waals surface area contributed by atoms with Crippen LogP contribution in [0.2, 0.25) is 0 Å². The van der Waals surface area contributed by atoms with Gasteiger partial charge in [0.15, 0.2) is 0 Å². The van der Waals surface area contributed by atoms with Crippen molar-refractivity contribution in [1.29, 1.82) is 0 Å². The summed E-state index contributed by atoms with van der Waals surface area (Å²) in [7, 11) is 0. The van der Waals surface area contributed by atoms with Crippen molar-refractivity contribution in [2.75, 3.05) is 6.61 Å². The lowest BCUT2D eigenvalue weighted by Gasteiger charge is -2.38. The van der Waals surface area contributed by atoms with Gasteiger partial charge in [0.2, 0.25) is 0 Å². The molecule has 0 aromatic rings. The number of hydrogen-bond acceptors (Lipinski definition) is 3. The fourth-order valence-corrected chi connectivity index (χ4v) is 3.61. The smallest absolute Gasteiger partial charge is 0.408 e. The molecule has 4 unspecified atom stereocenters. The molecule has 6 nitrogen and oxygen atoms in total. The molecule has 1 aliphatic rings. The summed E-state index contributed by atoms with van der Waals surface area (Å²) in [6.45, 7) is 11.3. The average Bonchev–Trinajstić information content (AvgIpc) is 2.70. The predicted octanol–water partition coefficient (Wildman–Crippen LogP) is 2.53. The molecule has 0 aromatic carbocycles. The van der Waals surface area contributed by atoms with Crippen LogP contribution >= 0.6 is 0 Å². The van der Waals surface area contributed by atoms with Gasteiger partial charge in [-0.05, 0) is 10.8 Å². The van der Waals surface area contributed by atoms with Crippen molar-refractivity contribution in [3.63, 3.8) is 0 Å². The van der Waals surface area contributed by atoms with Crippen LogP contribution in [-0.4, -0.2) is 52.0 Å². The van der Waals surface area contributed by atoms with Crippen LogP contribution in [0.4, 0.5) is 4.79 Å². The largest absolute Gasteiger partial charge is 0.480 e. The van der Waals surface area contributed by atoms with Crippen LogP contribution in [-0.2, 0) is 9.53 Å². The van der Waals surface area contributed by atoms with Crippen molar-refractivity contribution in [1.82, 2.24) is 4.90 Å². The van der Waals surface area contributed by atoms with Gasteiger partial charge in [0.1, 0.15) is 12.6 Å². The van der Waals surface area contributed by atoms with E-state index >= 15 is 0 Å². The van der Waals surface area contributed by atoms with Gasteiger partial charge in [-0.1, -0.05) is 47.5 Å². The van der Waals surface area contributed by atoms with E-state index in [1.807, 2.05) is 41.5 Å². The summed E-state index contributed by atoms with van der Waals surface area (Å²) in [4.78, 5) is 24.7. The lowest BCUT2D eigenvalue weighted by Crippen LogP contribution is -2.51. The topological polar surface area (TPSA) is 87.1 Å². The molecule has 0 bridgehead atoms. The second-order valence-electron chi connectivity index (χ2n) is 8.16. The van der Waals surface area contributed by atoms with Crippen LogP contribution in [0.5, 0.6) is 0 Å². The first kappa shape index (κ1) is 19.3. The molecular weight excluding hydrogens is 298 g/mol. The Hall–Kier alpha value is -1.74.